The fraction of sp³-hybridized carbons (Fsp3) is 0.364. The van der Waals surface area contributed by atoms with Crippen molar-refractivity contribution >= 4 is 11.4 Å². The highest BCUT2D eigenvalue weighted by Crippen LogP contribution is 2.34. The van der Waals surface area contributed by atoms with Crippen LogP contribution in [-0.4, -0.2) is 6.61 Å². The molecule has 3 rings (SSSR count). The molecule has 1 aliphatic rings. The van der Waals surface area contributed by atoms with Crippen molar-refractivity contribution < 1.29 is 4.74 Å². The minimum atomic E-state index is 0.795. The van der Waals surface area contributed by atoms with Crippen LogP contribution in [0.1, 0.15) is 45.4 Å². The molecule has 2 nitrogen and oxygen atoms in total. The molecule has 0 amide bonds. The highest BCUT2D eigenvalue weighted by molar-refractivity contribution is 5.68. The van der Waals surface area contributed by atoms with E-state index in [2.05, 4.69) is 72.5 Å². The number of hydrogen-bond acceptors (Lipinski definition) is 2. The molecule has 2 aromatic carbocycles. The third-order valence-electron chi connectivity index (χ3n) is 4.43. The SMILES string of the molecule is CCCCOc1ccc(N(C2=CCCCC2)c2ccccc2)cc1. The van der Waals surface area contributed by atoms with Gasteiger partial charge in [-0.05, 0) is 68.5 Å². The maximum Gasteiger partial charge on any atom is 0.119 e. The maximum atomic E-state index is 5.80. The van der Waals surface area contributed by atoms with Crippen LogP contribution in [0.4, 0.5) is 11.4 Å². The van der Waals surface area contributed by atoms with Crippen molar-refractivity contribution in [1.82, 2.24) is 0 Å². The minimum Gasteiger partial charge on any atom is -0.494 e. The Morgan fingerprint density at radius 1 is 0.917 bits per heavy atom. The lowest BCUT2D eigenvalue weighted by atomic mass is 10.0. The van der Waals surface area contributed by atoms with Crippen molar-refractivity contribution in [2.24, 2.45) is 0 Å². The van der Waals surface area contributed by atoms with Gasteiger partial charge in [0.25, 0.3) is 0 Å². The average molecular weight is 321 g/mol. The highest BCUT2D eigenvalue weighted by Gasteiger charge is 2.16. The van der Waals surface area contributed by atoms with E-state index in [1.807, 2.05) is 0 Å². The van der Waals surface area contributed by atoms with Crippen LogP contribution in [0, 0.1) is 0 Å². The van der Waals surface area contributed by atoms with Gasteiger partial charge in [0.15, 0.2) is 0 Å². The van der Waals surface area contributed by atoms with Crippen molar-refractivity contribution in [3.05, 3.63) is 66.4 Å². The summed E-state index contributed by atoms with van der Waals surface area (Å²) >= 11 is 0. The molecular weight excluding hydrogens is 294 g/mol. The van der Waals surface area contributed by atoms with Gasteiger partial charge in [0.05, 0.1) is 6.61 Å². The number of benzene rings is 2. The van der Waals surface area contributed by atoms with Crippen LogP contribution < -0.4 is 9.64 Å². The zero-order valence-electron chi connectivity index (χ0n) is 14.6. The molecule has 0 fully saturated rings. The van der Waals surface area contributed by atoms with Crippen LogP contribution in [0.3, 0.4) is 0 Å². The Bertz CT molecular complexity index is 645. The van der Waals surface area contributed by atoms with E-state index in [0.29, 0.717) is 0 Å². The number of allylic oxidation sites excluding steroid dienone is 2. The second kappa shape index (κ2) is 8.58. The average Bonchev–Trinajstić information content (AvgIpc) is 2.65. The Morgan fingerprint density at radius 2 is 1.67 bits per heavy atom. The molecule has 2 aromatic rings. The van der Waals surface area contributed by atoms with Gasteiger partial charge in [-0.1, -0.05) is 37.6 Å². The van der Waals surface area contributed by atoms with E-state index in [-0.39, 0.29) is 0 Å². The zero-order chi connectivity index (χ0) is 16.6. The number of hydrogen-bond donors (Lipinski definition) is 0. The van der Waals surface area contributed by atoms with E-state index in [1.54, 1.807) is 0 Å². The van der Waals surface area contributed by atoms with Gasteiger partial charge in [-0.3, -0.25) is 0 Å². The minimum absolute atomic E-state index is 0.795. The number of ether oxygens (including phenoxy) is 1. The molecule has 0 unspecified atom stereocenters. The smallest absolute Gasteiger partial charge is 0.119 e. The first-order valence-corrected chi connectivity index (χ1v) is 9.15. The molecule has 0 bridgehead atoms. The molecule has 0 spiro atoms. The van der Waals surface area contributed by atoms with E-state index >= 15 is 0 Å². The summed E-state index contributed by atoms with van der Waals surface area (Å²) < 4.78 is 5.80. The molecule has 0 atom stereocenters. The summed E-state index contributed by atoms with van der Waals surface area (Å²) in [5, 5.41) is 0. The van der Waals surface area contributed by atoms with Gasteiger partial charge in [0.1, 0.15) is 5.75 Å². The second-order valence-corrected chi connectivity index (χ2v) is 6.31. The van der Waals surface area contributed by atoms with Crippen LogP contribution in [0.25, 0.3) is 0 Å². The molecule has 2 heteroatoms. The van der Waals surface area contributed by atoms with E-state index in [9.17, 15) is 0 Å². The van der Waals surface area contributed by atoms with Gasteiger partial charge < -0.3 is 9.64 Å². The largest absolute Gasteiger partial charge is 0.494 e. The Morgan fingerprint density at radius 3 is 2.33 bits per heavy atom. The number of para-hydroxylation sites is 1. The van der Waals surface area contributed by atoms with Crippen molar-refractivity contribution in [3.63, 3.8) is 0 Å². The summed E-state index contributed by atoms with van der Waals surface area (Å²) in [7, 11) is 0. The van der Waals surface area contributed by atoms with Crippen LogP contribution in [-0.2, 0) is 0 Å². The molecule has 24 heavy (non-hydrogen) atoms. The molecule has 0 aliphatic heterocycles. The van der Waals surface area contributed by atoms with Crippen molar-refractivity contribution in [3.8, 4) is 5.75 Å². The summed E-state index contributed by atoms with van der Waals surface area (Å²) in [6.07, 6.45) is 9.55. The lowest BCUT2D eigenvalue weighted by Gasteiger charge is -2.30. The summed E-state index contributed by atoms with van der Waals surface area (Å²) in [5.74, 6) is 0.956. The molecule has 0 saturated carbocycles. The monoisotopic (exact) mass is 321 g/mol. The fourth-order valence-corrected chi connectivity index (χ4v) is 3.11. The van der Waals surface area contributed by atoms with Crippen LogP contribution in [0.2, 0.25) is 0 Å². The molecule has 1 aliphatic carbocycles. The predicted molar refractivity (Wildman–Crippen MR) is 102 cm³/mol. The van der Waals surface area contributed by atoms with E-state index < -0.39 is 0 Å². The first-order chi connectivity index (χ1) is 11.9. The quantitative estimate of drug-likeness (QED) is 0.542. The van der Waals surface area contributed by atoms with Gasteiger partial charge >= 0.3 is 0 Å². The molecule has 126 valence electrons. The summed E-state index contributed by atoms with van der Waals surface area (Å²) in [6, 6.07) is 19.2. The van der Waals surface area contributed by atoms with Gasteiger partial charge in [-0.15, -0.1) is 0 Å². The standard InChI is InChI=1S/C22H27NO/c1-2-3-18-24-22-16-14-21(15-17-22)23(19-10-6-4-7-11-19)20-12-8-5-9-13-20/h4,6-7,10-12,14-17H,2-3,5,8-9,13,18H2,1H3. The van der Waals surface area contributed by atoms with Crippen LogP contribution >= 0.6 is 0 Å². The van der Waals surface area contributed by atoms with Gasteiger partial charge in [-0.25, -0.2) is 0 Å². The Balaban J connectivity index is 1.84. The normalized spacial score (nSPS) is 14.1. The van der Waals surface area contributed by atoms with Gasteiger partial charge in [0, 0.05) is 17.1 Å². The van der Waals surface area contributed by atoms with Crippen molar-refractivity contribution in [2.75, 3.05) is 11.5 Å². The number of nitrogens with zero attached hydrogens (tertiary/aromatic N) is 1. The third kappa shape index (κ3) is 4.19. The Kier molecular flexibility index (Phi) is 5.95. The number of rotatable bonds is 7. The van der Waals surface area contributed by atoms with E-state index in [0.717, 1.165) is 31.6 Å². The molecule has 0 heterocycles. The van der Waals surface area contributed by atoms with Gasteiger partial charge in [0.2, 0.25) is 0 Å². The highest BCUT2D eigenvalue weighted by atomic mass is 16.5. The second-order valence-electron chi connectivity index (χ2n) is 6.31. The van der Waals surface area contributed by atoms with Crippen molar-refractivity contribution in [2.45, 2.75) is 45.4 Å². The lowest BCUT2D eigenvalue weighted by Crippen LogP contribution is -2.18. The molecular formula is C22H27NO. The van der Waals surface area contributed by atoms with Crippen LogP contribution in [0.15, 0.2) is 66.4 Å². The topological polar surface area (TPSA) is 12.5 Å². The van der Waals surface area contributed by atoms with E-state index in [1.165, 1.54) is 36.3 Å². The summed E-state index contributed by atoms with van der Waals surface area (Å²) in [6.45, 7) is 2.98. The fourth-order valence-electron chi connectivity index (χ4n) is 3.11. The third-order valence-corrected chi connectivity index (χ3v) is 4.43. The molecule has 0 N–H and O–H groups in total. The Hall–Kier alpha value is -2.22. The number of unbranched alkanes of at least 4 members (excludes halogenated alkanes) is 1. The zero-order valence-corrected chi connectivity index (χ0v) is 14.6. The molecule has 0 saturated heterocycles. The lowest BCUT2D eigenvalue weighted by molar-refractivity contribution is 0.309. The Labute approximate surface area is 145 Å². The molecule has 0 aromatic heterocycles. The first-order valence-electron chi connectivity index (χ1n) is 9.15. The van der Waals surface area contributed by atoms with Gasteiger partial charge in [-0.2, -0.15) is 0 Å². The summed E-state index contributed by atoms with van der Waals surface area (Å²) in [5.41, 5.74) is 3.84. The maximum absolute atomic E-state index is 5.80. The number of anilines is 2. The van der Waals surface area contributed by atoms with Crippen LogP contribution in [0.5, 0.6) is 5.75 Å². The summed E-state index contributed by atoms with van der Waals surface area (Å²) in [4.78, 5) is 2.38. The first kappa shape index (κ1) is 16.6. The predicted octanol–water partition coefficient (Wildman–Crippen LogP) is 6.46. The molecule has 0 radical (unpaired) electrons. The van der Waals surface area contributed by atoms with Crippen molar-refractivity contribution in [1.29, 1.82) is 0 Å². The van der Waals surface area contributed by atoms with E-state index in [4.69, 9.17) is 4.74 Å².